The van der Waals surface area contributed by atoms with E-state index in [1.54, 1.807) is 0 Å². The van der Waals surface area contributed by atoms with Crippen molar-refractivity contribution in [3.05, 3.63) is 0 Å². The zero-order valence-corrected chi connectivity index (χ0v) is 91.9. The van der Waals surface area contributed by atoms with Crippen LogP contribution >= 0.6 is 60.8 Å². The van der Waals surface area contributed by atoms with Gasteiger partial charge in [-0.25, -0.2) is 0 Å². The molecule has 0 rings (SSSR count). The summed E-state index contributed by atoms with van der Waals surface area (Å²) in [5.41, 5.74) is -11.1. The molecule has 8 unspecified atom stereocenters. The minimum absolute atomic E-state index is 0. The molecule has 12 N–H and O–H groups in total. The van der Waals surface area contributed by atoms with Crippen molar-refractivity contribution in [2.45, 2.75) is 487 Å². The van der Waals surface area contributed by atoms with Gasteiger partial charge >= 0.3 is 149 Å². The summed E-state index contributed by atoms with van der Waals surface area (Å²) in [6.07, 6.45) is 82.6. The minimum Gasteiger partial charge on any atom is -0.776 e. The Kier molecular flexibility index (Phi) is 110. The topological polar surface area (TPSA) is 508 Å². The van der Waals surface area contributed by atoms with E-state index in [1.165, 1.54) is 334 Å². The Hall–Kier alpha value is 5.04. The predicted octanol–water partition coefficient (Wildman–Crippen LogP) is 10.7. The fourth-order valence-electron chi connectivity index (χ4n) is 13.1. The van der Waals surface area contributed by atoms with Crippen LogP contribution in [-0.2, 0) is 54.6 Å². The van der Waals surface area contributed by atoms with Crippen molar-refractivity contribution in [2.75, 3.05) is 26.4 Å². The van der Waals surface area contributed by atoms with Gasteiger partial charge in [-0.1, -0.05) is 439 Å². The van der Waals surface area contributed by atoms with Gasteiger partial charge < -0.3 is 116 Å². The summed E-state index contributed by atoms with van der Waals surface area (Å²) in [6, 6.07) is 0. The van der Waals surface area contributed by atoms with Crippen molar-refractivity contribution in [3.8, 4) is 0 Å². The number of unbranched alkanes of at least 4 members (excludes halogenated alkanes) is 64. The van der Waals surface area contributed by atoms with Crippen LogP contribution in [0.15, 0.2) is 0 Å². The molecule has 0 amide bonds. The monoisotopic (exact) mass is 1920 g/mol. The normalized spacial score (nSPS) is 14.8. The molecule has 8 atom stereocenters. The number of aliphatic hydroxyl groups excluding tert-OH is 4. The molecule has 40 heteroatoms. The van der Waals surface area contributed by atoms with E-state index in [4.69, 9.17) is 59.6 Å². The molecule has 0 bridgehead atoms. The fourth-order valence-corrected chi connectivity index (χ4v) is 21.8. The first-order valence-corrected chi connectivity index (χ1v) is 58.8. The molecule has 120 heavy (non-hydrogen) atoms. The van der Waals surface area contributed by atoms with E-state index < -0.39 is 83.1 Å². The van der Waals surface area contributed by atoms with Crippen molar-refractivity contribution < 1.29 is 252 Å². The van der Waals surface area contributed by atoms with Gasteiger partial charge in [-0.05, 0) is 25.7 Å². The second-order valence-electron chi connectivity index (χ2n) is 31.9. The Morgan fingerprint density at radius 2 is 0.250 bits per heavy atom. The summed E-state index contributed by atoms with van der Waals surface area (Å²) in [5.74, 6) is 0. The summed E-state index contributed by atoms with van der Waals surface area (Å²) in [6.45, 7) is 8.37. The van der Waals surface area contributed by atoms with Gasteiger partial charge in [0, 0.05) is 0 Å². The van der Waals surface area contributed by atoms with Crippen LogP contribution < -0.4 is 138 Å². The molecule has 0 radical (unpaired) electrons. The maximum Gasteiger partial charge on any atom is 1.00 e. The van der Waals surface area contributed by atoms with Crippen molar-refractivity contribution in [3.63, 3.8) is 0 Å². The molecular formula is C80H172Na4O28P8. The minimum atomic E-state index is -5.12. The average molecular weight is 1920 g/mol. The Bertz CT molecular complexity index is 2230. The standard InChI is InChI=1S/4C20H44O7P2.4Na/c4*1-2-3-4-5-6-7-8-9-10-11-12-13-14-15-16-17-18-19-27-29(25,26)20(21)28(22,23)24;;;;/h4*20-21H,2-19H2,1H3,(H,25,26)(H2,22,23,24);;;;/q;;;;4*+1/p-4. The van der Waals surface area contributed by atoms with Crippen LogP contribution in [0.3, 0.4) is 0 Å². The van der Waals surface area contributed by atoms with Crippen LogP contribution in [0, 0.1) is 0 Å². The molecule has 0 aromatic heterocycles. The van der Waals surface area contributed by atoms with Crippen LogP contribution in [0.1, 0.15) is 464 Å². The average Bonchev–Trinajstić information content (AvgIpc) is 0.858. The molecule has 0 spiro atoms. The van der Waals surface area contributed by atoms with Crippen LogP contribution in [0.5, 0.6) is 0 Å². The molecule has 0 aliphatic heterocycles. The molecular weight excluding hydrogens is 1750 g/mol. The van der Waals surface area contributed by atoms with Crippen LogP contribution in [0.2, 0.25) is 0 Å². The van der Waals surface area contributed by atoms with Crippen molar-refractivity contribution >= 4 is 60.8 Å². The molecule has 0 heterocycles. The van der Waals surface area contributed by atoms with E-state index in [1.807, 2.05) is 0 Å². The van der Waals surface area contributed by atoms with E-state index in [9.17, 15) is 56.1 Å². The third-order valence-corrected chi connectivity index (χ3v) is 34.3. The third-order valence-electron chi connectivity index (χ3n) is 20.4. The Morgan fingerprint density at radius 1 is 0.175 bits per heavy atom. The number of rotatable bonds is 84. The smallest absolute Gasteiger partial charge is 0.776 e. The van der Waals surface area contributed by atoms with Gasteiger partial charge in [0.15, 0.2) is 30.4 Å². The summed E-state index contributed by atoms with van der Waals surface area (Å²) in [7, 11) is -40.3. The second kappa shape index (κ2) is 94.4. The van der Waals surface area contributed by atoms with Gasteiger partial charge in [0.05, 0.1) is 26.4 Å². The van der Waals surface area contributed by atoms with Crippen LogP contribution in [-0.4, -0.2) is 108 Å². The zero-order chi connectivity index (χ0) is 88.0. The molecule has 0 aliphatic carbocycles. The van der Waals surface area contributed by atoms with Gasteiger partial charge in [0.1, 0.15) is 0 Å². The maximum absolute atomic E-state index is 11.4. The fraction of sp³-hybridized carbons (Fsp3) is 1.00. The van der Waals surface area contributed by atoms with Crippen molar-refractivity contribution in [1.29, 1.82) is 0 Å². The largest absolute Gasteiger partial charge is 1.00 e. The van der Waals surface area contributed by atoms with Crippen molar-refractivity contribution in [2.24, 2.45) is 0 Å². The molecule has 0 saturated carbocycles. The van der Waals surface area contributed by atoms with Crippen LogP contribution in [0.25, 0.3) is 0 Å². The first kappa shape index (κ1) is 140. The molecule has 704 valence electrons. The van der Waals surface area contributed by atoms with Gasteiger partial charge in [-0.15, -0.1) is 0 Å². The van der Waals surface area contributed by atoms with E-state index >= 15 is 0 Å². The second-order valence-corrected chi connectivity index (χ2v) is 47.5. The first-order valence-electron chi connectivity index (χ1n) is 45.6. The Labute approximate surface area is 817 Å². The van der Waals surface area contributed by atoms with E-state index in [0.29, 0.717) is 25.7 Å². The quantitative estimate of drug-likeness (QED) is 0.0153. The van der Waals surface area contributed by atoms with Crippen LogP contribution in [0.4, 0.5) is 0 Å². The van der Waals surface area contributed by atoms with Gasteiger partial charge in [0.2, 0.25) is 22.3 Å². The molecule has 0 aliphatic rings. The zero-order valence-electron chi connectivity index (χ0n) is 76.7. The van der Waals surface area contributed by atoms with E-state index in [2.05, 4.69) is 45.8 Å². The van der Waals surface area contributed by atoms with E-state index in [0.717, 1.165) is 77.0 Å². The summed E-state index contributed by atoms with van der Waals surface area (Å²) < 4.78 is 107. The third kappa shape index (κ3) is 97.6. The van der Waals surface area contributed by atoms with Gasteiger partial charge in [-0.3, -0.25) is 18.3 Å². The Balaban J connectivity index is -0.000000230. The first-order chi connectivity index (χ1) is 54.9. The van der Waals surface area contributed by atoms with Gasteiger partial charge in [0.25, 0.3) is 0 Å². The summed E-state index contributed by atoms with van der Waals surface area (Å²) in [4.78, 5) is 115. The number of hydrogen-bond donors (Lipinski definition) is 12. The van der Waals surface area contributed by atoms with E-state index in [-0.39, 0.29) is 145 Å². The summed E-state index contributed by atoms with van der Waals surface area (Å²) in [5, 5.41) is 36.4. The SMILES string of the molecule is CCCCCCCCCCCCCCCCCCCOP(=O)([O-])C(O)P(=O)(O)O.CCCCCCCCCCCCCCCCCCCOP(=O)([O-])C(O)P(=O)(O)O.CCCCCCCCCCCCCCCCCCCOP(=O)([O-])C(O)P(=O)(O)O.CCCCCCCCCCCCCCCCCCCOP(=O)([O-])C(O)P(=O)(O)O.[Na+].[Na+].[Na+].[Na+]. The maximum atomic E-state index is 11.4. The molecule has 0 fully saturated rings. The van der Waals surface area contributed by atoms with Gasteiger partial charge in [-0.2, -0.15) is 0 Å². The number of hydrogen-bond acceptors (Lipinski definition) is 20. The predicted molar refractivity (Wildman–Crippen MR) is 463 cm³/mol. The molecule has 0 aromatic carbocycles. The molecule has 0 aromatic rings. The molecule has 28 nitrogen and oxygen atoms in total. The molecule has 0 saturated heterocycles. The Morgan fingerprint density at radius 3 is 0.325 bits per heavy atom. The summed E-state index contributed by atoms with van der Waals surface area (Å²) >= 11 is 0. The van der Waals surface area contributed by atoms with Crippen molar-refractivity contribution in [1.82, 2.24) is 0 Å². The number of aliphatic hydroxyl groups is 4.